The van der Waals surface area contributed by atoms with Crippen LogP contribution < -0.4 is 5.32 Å². The molecule has 1 saturated heterocycles. The van der Waals surface area contributed by atoms with E-state index in [9.17, 15) is 22.8 Å². The number of alkyl halides is 3. The highest BCUT2D eigenvalue weighted by atomic mass is 19.4. The third-order valence-corrected chi connectivity index (χ3v) is 7.40. The quantitative estimate of drug-likeness (QED) is 0.675. The molecule has 2 aromatic rings. The smallest absolute Gasteiger partial charge is 0.380 e. The molecule has 6 nitrogen and oxygen atoms in total. The lowest BCUT2D eigenvalue weighted by Gasteiger charge is -2.34. The molecule has 1 aromatic heterocycles. The van der Waals surface area contributed by atoms with Crippen LogP contribution in [-0.4, -0.2) is 58.5 Å². The average Bonchev–Trinajstić information content (AvgIpc) is 3.37. The molecule has 2 heterocycles. The van der Waals surface area contributed by atoms with Crippen LogP contribution in [0.3, 0.4) is 0 Å². The van der Waals surface area contributed by atoms with E-state index in [1.807, 2.05) is 12.1 Å². The largest absolute Gasteiger partial charge is 0.414 e. The monoisotopic (exact) mass is 488 g/mol. The number of aromatic nitrogens is 1. The minimum absolute atomic E-state index is 0.0649. The summed E-state index contributed by atoms with van der Waals surface area (Å²) in [4.78, 5) is 31.0. The standard InChI is InChI=1S/C26H31F3N4O2/c1-16(34)33-13-7-10-21(33)24(35)32(4)23(26(27,28)29)20-12-11-18(15-30-20)31-22-14-17-8-5-6-9-19(17)25(22,2)3/h5-6,8-9,11-12,15,21-23,31H,7,10,13-14H2,1-4H3/t21?,22?,23-/m0/s1. The first-order chi connectivity index (χ1) is 16.4. The maximum Gasteiger partial charge on any atom is 0.414 e. The Morgan fingerprint density at radius 3 is 2.51 bits per heavy atom. The molecule has 2 amide bonds. The number of likely N-dealkylation sites (tertiary alicyclic amines) is 1. The number of halogens is 3. The van der Waals surface area contributed by atoms with Gasteiger partial charge in [0.15, 0.2) is 6.04 Å². The van der Waals surface area contributed by atoms with Gasteiger partial charge in [-0.2, -0.15) is 13.2 Å². The zero-order chi connectivity index (χ0) is 25.5. The highest BCUT2D eigenvalue weighted by Crippen LogP contribution is 2.41. The van der Waals surface area contributed by atoms with Crippen LogP contribution in [-0.2, 0) is 21.4 Å². The number of hydrogen-bond acceptors (Lipinski definition) is 4. The Hall–Kier alpha value is -3.10. The fraction of sp³-hybridized carbons (Fsp3) is 0.500. The summed E-state index contributed by atoms with van der Waals surface area (Å²) >= 11 is 0. The van der Waals surface area contributed by atoms with E-state index in [0.717, 1.165) is 13.5 Å². The number of fused-ring (bicyclic) bond motifs is 1. The first-order valence-electron chi connectivity index (χ1n) is 11.8. The van der Waals surface area contributed by atoms with Crippen molar-refractivity contribution in [1.29, 1.82) is 0 Å². The van der Waals surface area contributed by atoms with Gasteiger partial charge in [0, 0.05) is 32.0 Å². The Labute approximate surface area is 203 Å². The fourth-order valence-electron chi connectivity index (χ4n) is 5.42. The van der Waals surface area contributed by atoms with E-state index in [1.54, 1.807) is 6.07 Å². The molecular weight excluding hydrogens is 457 g/mol. The zero-order valence-electron chi connectivity index (χ0n) is 20.4. The van der Waals surface area contributed by atoms with Gasteiger partial charge in [0.2, 0.25) is 11.8 Å². The zero-order valence-corrected chi connectivity index (χ0v) is 20.4. The lowest BCUT2D eigenvalue weighted by atomic mass is 9.83. The van der Waals surface area contributed by atoms with Gasteiger partial charge in [-0.25, -0.2) is 0 Å². The van der Waals surface area contributed by atoms with Crippen molar-refractivity contribution in [2.45, 2.75) is 69.8 Å². The van der Waals surface area contributed by atoms with Crippen LogP contribution in [0.1, 0.15) is 56.5 Å². The lowest BCUT2D eigenvalue weighted by molar-refractivity contribution is -0.191. The molecule has 0 bridgehead atoms. The van der Waals surface area contributed by atoms with Crippen LogP contribution in [0.4, 0.5) is 18.9 Å². The van der Waals surface area contributed by atoms with Crippen molar-refractivity contribution in [2.75, 3.05) is 18.9 Å². The Balaban J connectivity index is 1.53. The summed E-state index contributed by atoms with van der Waals surface area (Å²) in [6.45, 7) is 5.98. The average molecular weight is 489 g/mol. The second kappa shape index (κ2) is 9.17. The van der Waals surface area contributed by atoms with E-state index in [-0.39, 0.29) is 23.1 Å². The lowest BCUT2D eigenvalue weighted by Crippen LogP contribution is -2.49. The molecule has 1 N–H and O–H groups in total. The highest BCUT2D eigenvalue weighted by molar-refractivity contribution is 5.87. The van der Waals surface area contributed by atoms with Gasteiger partial charge in [-0.3, -0.25) is 14.6 Å². The normalized spacial score (nSPS) is 22.0. The van der Waals surface area contributed by atoms with Gasteiger partial charge < -0.3 is 15.1 Å². The molecule has 188 valence electrons. The van der Waals surface area contributed by atoms with Crippen molar-refractivity contribution in [3.63, 3.8) is 0 Å². The summed E-state index contributed by atoms with van der Waals surface area (Å²) in [5.74, 6) is -1.04. The second-order valence-corrected chi connectivity index (χ2v) is 10.0. The van der Waals surface area contributed by atoms with Gasteiger partial charge in [-0.05, 0) is 42.5 Å². The number of nitrogens with one attached hydrogen (secondary N) is 1. The number of anilines is 1. The van der Waals surface area contributed by atoms with Crippen LogP contribution in [0, 0.1) is 0 Å². The molecule has 1 aromatic carbocycles. The first-order valence-corrected chi connectivity index (χ1v) is 11.8. The summed E-state index contributed by atoms with van der Waals surface area (Å²) < 4.78 is 42.3. The van der Waals surface area contributed by atoms with E-state index >= 15 is 0 Å². The topological polar surface area (TPSA) is 65.5 Å². The van der Waals surface area contributed by atoms with E-state index in [1.165, 1.54) is 35.2 Å². The summed E-state index contributed by atoms with van der Waals surface area (Å²) in [5, 5.41) is 3.43. The van der Waals surface area contributed by atoms with Crippen LogP contribution in [0.15, 0.2) is 42.6 Å². The van der Waals surface area contributed by atoms with E-state index < -0.39 is 24.2 Å². The van der Waals surface area contributed by atoms with Gasteiger partial charge in [0.05, 0.1) is 17.6 Å². The van der Waals surface area contributed by atoms with Crippen LogP contribution >= 0.6 is 0 Å². The molecule has 1 aliphatic heterocycles. The fourth-order valence-corrected chi connectivity index (χ4v) is 5.42. The Morgan fingerprint density at radius 2 is 1.91 bits per heavy atom. The number of nitrogens with zero attached hydrogens (tertiary/aromatic N) is 3. The number of pyridine rings is 1. The Bertz CT molecular complexity index is 1100. The summed E-state index contributed by atoms with van der Waals surface area (Å²) in [6.07, 6.45) is -1.59. The SMILES string of the molecule is CC(=O)N1CCCC1C(=O)N(C)[C@@H](c1ccc(NC2Cc3ccccc3C2(C)C)cn1)C(F)(F)F. The Kier molecular flexibility index (Phi) is 6.55. The number of carbonyl (C=O) groups is 2. The van der Waals surface area contributed by atoms with Crippen molar-refractivity contribution in [2.24, 2.45) is 0 Å². The molecule has 1 fully saturated rings. The minimum Gasteiger partial charge on any atom is -0.380 e. The molecule has 1 aliphatic carbocycles. The third kappa shape index (κ3) is 4.73. The number of benzene rings is 1. The van der Waals surface area contributed by atoms with E-state index in [0.29, 0.717) is 30.0 Å². The molecular formula is C26H31F3N4O2. The summed E-state index contributed by atoms with van der Waals surface area (Å²) in [7, 11) is 1.13. The summed E-state index contributed by atoms with van der Waals surface area (Å²) in [6, 6.07) is 8.09. The molecule has 3 atom stereocenters. The molecule has 35 heavy (non-hydrogen) atoms. The van der Waals surface area contributed by atoms with Crippen molar-refractivity contribution < 1.29 is 22.8 Å². The van der Waals surface area contributed by atoms with Crippen molar-refractivity contribution in [3.8, 4) is 0 Å². The van der Waals surface area contributed by atoms with Gasteiger partial charge in [-0.15, -0.1) is 0 Å². The molecule has 0 saturated carbocycles. The second-order valence-electron chi connectivity index (χ2n) is 10.0. The number of rotatable bonds is 5. The van der Waals surface area contributed by atoms with Crippen molar-refractivity contribution in [1.82, 2.24) is 14.8 Å². The third-order valence-electron chi connectivity index (χ3n) is 7.40. The maximum absolute atomic E-state index is 14.1. The van der Waals surface area contributed by atoms with Gasteiger partial charge >= 0.3 is 6.18 Å². The summed E-state index contributed by atoms with van der Waals surface area (Å²) in [5.41, 5.74) is 2.71. The van der Waals surface area contributed by atoms with Gasteiger partial charge in [0.25, 0.3) is 0 Å². The number of amides is 2. The minimum atomic E-state index is -4.72. The number of likely N-dealkylation sites (N-methyl/N-ethyl adjacent to an activating group) is 1. The van der Waals surface area contributed by atoms with E-state index in [2.05, 4.69) is 36.3 Å². The predicted octanol–water partition coefficient (Wildman–Crippen LogP) is 4.47. The van der Waals surface area contributed by atoms with Crippen LogP contribution in [0.25, 0.3) is 0 Å². The molecule has 0 radical (unpaired) electrons. The maximum atomic E-state index is 14.1. The molecule has 4 rings (SSSR count). The Morgan fingerprint density at radius 1 is 1.20 bits per heavy atom. The highest BCUT2D eigenvalue weighted by Gasteiger charge is 2.48. The molecule has 9 heteroatoms. The van der Waals surface area contributed by atoms with Crippen LogP contribution in [0.5, 0.6) is 0 Å². The predicted molar refractivity (Wildman–Crippen MR) is 127 cm³/mol. The van der Waals surface area contributed by atoms with Gasteiger partial charge in [-0.1, -0.05) is 38.1 Å². The molecule has 2 aliphatic rings. The molecule has 2 unspecified atom stereocenters. The first kappa shape index (κ1) is 25.0. The van der Waals surface area contributed by atoms with Crippen molar-refractivity contribution in [3.05, 3.63) is 59.4 Å². The van der Waals surface area contributed by atoms with Crippen LogP contribution in [0.2, 0.25) is 0 Å². The number of carbonyl (C=O) groups excluding carboxylic acids is 2. The van der Waals surface area contributed by atoms with E-state index in [4.69, 9.17) is 0 Å². The van der Waals surface area contributed by atoms with Crippen molar-refractivity contribution >= 4 is 17.5 Å². The van der Waals surface area contributed by atoms with Gasteiger partial charge in [0.1, 0.15) is 6.04 Å². The number of hydrogen-bond donors (Lipinski definition) is 1. The molecule has 0 spiro atoms.